The number of hydrogen-bond donors (Lipinski definition) is 12. The lowest BCUT2D eigenvalue weighted by Crippen LogP contribution is -2.66. The molecule has 3 fully saturated rings. The van der Waals surface area contributed by atoms with E-state index in [9.17, 15) is 61.0 Å². The van der Waals surface area contributed by atoms with Gasteiger partial charge in [-0.05, 0) is 57.8 Å². The van der Waals surface area contributed by atoms with Crippen molar-refractivity contribution in [1.82, 2.24) is 5.32 Å². The highest BCUT2D eigenvalue weighted by Gasteiger charge is 2.53. The van der Waals surface area contributed by atoms with Crippen LogP contribution >= 0.6 is 0 Å². The third kappa shape index (κ3) is 28.5. The number of aliphatic hydroxyl groups excluding tert-OH is 11. The van der Waals surface area contributed by atoms with E-state index < -0.39 is 124 Å². The van der Waals surface area contributed by atoms with Crippen molar-refractivity contribution in [2.24, 2.45) is 0 Å². The predicted octanol–water partition coefficient (Wildman–Crippen LogP) is 6.04. The van der Waals surface area contributed by atoms with Crippen molar-refractivity contribution in [2.75, 3.05) is 26.4 Å². The molecule has 81 heavy (non-hydrogen) atoms. The summed E-state index contributed by atoms with van der Waals surface area (Å²) in [7, 11) is 0. The number of ether oxygens (including phenoxy) is 6. The zero-order chi connectivity index (χ0) is 59.0. The lowest BCUT2D eigenvalue weighted by molar-refractivity contribution is -0.379. The molecular formula is C62H109NO18. The summed E-state index contributed by atoms with van der Waals surface area (Å²) in [5.41, 5.74) is 0. The molecule has 17 atom stereocenters. The summed E-state index contributed by atoms with van der Waals surface area (Å²) in [5, 5.41) is 120. The van der Waals surface area contributed by atoms with Crippen LogP contribution < -0.4 is 5.32 Å². The van der Waals surface area contributed by atoms with Gasteiger partial charge in [0.15, 0.2) is 18.9 Å². The maximum Gasteiger partial charge on any atom is 0.220 e. The molecule has 3 rings (SSSR count). The first kappa shape index (κ1) is 72.7. The number of amides is 1. The fourth-order valence-electron chi connectivity index (χ4n) is 10.3. The smallest absolute Gasteiger partial charge is 0.220 e. The van der Waals surface area contributed by atoms with Gasteiger partial charge in [0, 0.05) is 6.42 Å². The second-order valence-electron chi connectivity index (χ2n) is 22.1. The molecule has 12 N–H and O–H groups in total. The number of nitrogens with one attached hydrogen (secondary N) is 1. The summed E-state index contributed by atoms with van der Waals surface area (Å²) in [6.45, 7) is 1.55. The number of unbranched alkanes of at least 4 members (excludes halogenated alkanes) is 19. The van der Waals surface area contributed by atoms with Crippen LogP contribution in [0, 0.1) is 0 Å². The summed E-state index contributed by atoms with van der Waals surface area (Å²) >= 11 is 0. The Morgan fingerprint density at radius 2 is 0.852 bits per heavy atom. The Morgan fingerprint density at radius 3 is 1.33 bits per heavy atom. The summed E-state index contributed by atoms with van der Waals surface area (Å²) in [5.74, 6) is -0.253. The Labute approximate surface area is 484 Å². The molecule has 0 radical (unpaired) electrons. The average molecular weight is 1160 g/mol. The number of rotatable bonds is 45. The second kappa shape index (κ2) is 44.9. The van der Waals surface area contributed by atoms with Crippen LogP contribution in [0.5, 0.6) is 0 Å². The fourth-order valence-corrected chi connectivity index (χ4v) is 10.3. The Kier molecular flexibility index (Phi) is 40.3. The molecule has 17 unspecified atom stereocenters. The Hall–Kier alpha value is -2.51. The van der Waals surface area contributed by atoms with E-state index >= 15 is 0 Å². The molecular weight excluding hydrogens is 1050 g/mol. The van der Waals surface area contributed by atoms with Crippen LogP contribution in [0.25, 0.3) is 0 Å². The first-order valence-corrected chi connectivity index (χ1v) is 31.0. The van der Waals surface area contributed by atoms with Crippen LogP contribution in [-0.2, 0) is 33.2 Å². The van der Waals surface area contributed by atoms with Gasteiger partial charge in [-0.1, -0.05) is 190 Å². The van der Waals surface area contributed by atoms with Gasteiger partial charge in [0.05, 0.1) is 38.6 Å². The molecule has 1 amide bonds. The largest absolute Gasteiger partial charge is 0.394 e. The van der Waals surface area contributed by atoms with Crippen LogP contribution in [0.15, 0.2) is 60.8 Å². The lowest BCUT2D eigenvalue weighted by atomic mass is 9.96. The standard InChI is InChI=1S/C62H109NO18/c1-3-5-7-9-10-11-12-13-14-15-16-17-18-19-20-21-22-23-24-25-26-27-28-29-30-31-32-33-34-36-38-40-50(68)63-45(46(67)39-37-35-8-6-4-2)44-76-60-56(74)53(71)58(48(42-65)78-60)81-62-57(75)54(72)59(49(43-66)79-62)80-61-55(73)52(70)51(69)47(41-64)77-61/h5,7,10-11,13-14,16-17,19-20,45-49,51-62,64-67,69-75H,3-4,6,8-9,12,15,18,21-44H2,1-2H3,(H,63,68)/b7-5-,11-10-,14-13-,17-16-,20-19-. The van der Waals surface area contributed by atoms with Crippen molar-refractivity contribution < 1.29 is 89.4 Å². The highest BCUT2D eigenvalue weighted by molar-refractivity contribution is 5.76. The van der Waals surface area contributed by atoms with Gasteiger partial charge in [-0.15, -0.1) is 0 Å². The normalized spacial score (nSPS) is 30.2. The number of hydrogen-bond acceptors (Lipinski definition) is 18. The van der Waals surface area contributed by atoms with Gasteiger partial charge < -0.3 is 89.9 Å². The quantitative estimate of drug-likeness (QED) is 0.0244. The van der Waals surface area contributed by atoms with Crippen molar-refractivity contribution in [1.29, 1.82) is 0 Å². The van der Waals surface area contributed by atoms with E-state index in [0.717, 1.165) is 83.5 Å². The Balaban J connectivity index is 1.31. The summed E-state index contributed by atoms with van der Waals surface area (Å²) < 4.78 is 34.1. The minimum Gasteiger partial charge on any atom is -0.394 e. The molecule has 0 aromatic carbocycles. The molecule has 0 aliphatic carbocycles. The average Bonchev–Trinajstić information content (AvgIpc) is 3.48. The van der Waals surface area contributed by atoms with Gasteiger partial charge in [0.25, 0.3) is 0 Å². The van der Waals surface area contributed by atoms with Crippen molar-refractivity contribution in [3.8, 4) is 0 Å². The van der Waals surface area contributed by atoms with E-state index in [4.69, 9.17) is 28.4 Å². The third-order valence-electron chi connectivity index (χ3n) is 15.4. The topological polar surface area (TPSA) is 307 Å². The summed E-state index contributed by atoms with van der Waals surface area (Å²) in [6.07, 6.45) is 25.4. The molecule has 3 heterocycles. The number of allylic oxidation sites excluding steroid dienone is 10. The SMILES string of the molecule is CC/C=C\C/C=C\C/C=C\C/C=C\C/C=C\CCCCCCCCCCCCCCCCCC(=O)NC(COC1OC(CO)C(OC2OC(CO)C(OC3OC(CO)C(O)C(O)C3O)C(O)C2O)C(O)C1O)C(O)CCCCCCC. The third-order valence-corrected chi connectivity index (χ3v) is 15.4. The molecule has 19 heteroatoms. The summed E-state index contributed by atoms with van der Waals surface area (Å²) in [4.78, 5) is 13.2. The molecule has 0 saturated carbocycles. The van der Waals surface area contributed by atoms with E-state index in [1.54, 1.807) is 0 Å². The first-order chi connectivity index (χ1) is 39.3. The molecule has 3 aliphatic heterocycles. The van der Waals surface area contributed by atoms with E-state index in [1.807, 2.05) is 0 Å². The molecule has 19 nitrogen and oxygen atoms in total. The van der Waals surface area contributed by atoms with Gasteiger partial charge in [-0.3, -0.25) is 4.79 Å². The highest BCUT2D eigenvalue weighted by atomic mass is 16.8. The van der Waals surface area contributed by atoms with Gasteiger partial charge in [0.1, 0.15) is 73.2 Å². The molecule has 3 aliphatic rings. The van der Waals surface area contributed by atoms with Crippen LogP contribution in [0.4, 0.5) is 0 Å². The zero-order valence-electron chi connectivity index (χ0n) is 49.0. The minimum absolute atomic E-state index is 0.253. The lowest BCUT2D eigenvalue weighted by Gasteiger charge is -2.48. The first-order valence-electron chi connectivity index (χ1n) is 31.0. The van der Waals surface area contributed by atoms with Crippen molar-refractivity contribution >= 4 is 5.91 Å². The fraction of sp³-hybridized carbons (Fsp3) is 0.823. The van der Waals surface area contributed by atoms with E-state index in [1.165, 1.54) is 77.0 Å². The second-order valence-corrected chi connectivity index (χ2v) is 22.1. The molecule has 0 spiro atoms. The molecule has 0 bridgehead atoms. The van der Waals surface area contributed by atoms with E-state index in [0.29, 0.717) is 12.8 Å². The van der Waals surface area contributed by atoms with Gasteiger partial charge in [-0.25, -0.2) is 0 Å². The minimum atomic E-state index is -1.97. The van der Waals surface area contributed by atoms with E-state index in [2.05, 4.69) is 79.9 Å². The van der Waals surface area contributed by atoms with Crippen molar-refractivity contribution in [3.63, 3.8) is 0 Å². The molecule has 0 aromatic rings. The monoisotopic (exact) mass is 1160 g/mol. The van der Waals surface area contributed by atoms with Crippen molar-refractivity contribution in [2.45, 2.75) is 298 Å². The van der Waals surface area contributed by atoms with Gasteiger partial charge in [-0.2, -0.15) is 0 Å². The van der Waals surface area contributed by atoms with Crippen LogP contribution in [-0.4, -0.2) is 193 Å². The zero-order valence-corrected chi connectivity index (χ0v) is 49.0. The van der Waals surface area contributed by atoms with Crippen LogP contribution in [0.3, 0.4) is 0 Å². The van der Waals surface area contributed by atoms with Crippen molar-refractivity contribution in [3.05, 3.63) is 60.8 Å². The van der Waals surface area contributed by atoms with Crippen LogP contribution in [0.1, 0.15) is 194 Å². The predicted molar refractivity (Wildman–Crippen MR) is 309 cm³/mol. The Bertz CT molecular complexity index is 1710. The molecule has 470 valence electrons. The van der Waals surface area contributed by atoms with E-state index in [-0.39, 0.29) is 18.9 Å². The molecule has 0 aromatic heterocycles. The summed E-state index contributed by atoms with van der Waals surface area (Å²) in [6, 6.07) is -0.885. The number of carbonyl (C=O) groups is 1. The molecule has 3 saturated heterocycles. The number of aliphatic hydroxyl groups is 11. The van der Waals surface area contributed by atoms with Gasteiger partial charge >= 0.3 is 0 Å². The van der Waals surface area contributed by atoms with Crippen LogP contribution in [0.2, 0.25) is 0 Å². The maximum atomic E-state index is 13.2. The maximum absolute atomic E-state index is 13.2. The Morgan fingerprint density at radius 1 is 0.457 bits per heavy atom. The van der Waals surface area contributed by atoms with Gasteiger partial charge in [0.2, 0.25) is 5.91 Å². The number of carbonyl (C=O) groups excluding carboxylic acids is 1. The highest BCUT2D eigenvalue weighted by Crippen LogP contribution is 2.33.